The number of carbonyl (C=O) groups is 1. The zero-order valence-electron chi connectivity index (χ0n) is 12.7. The summed E-state index contributed by atoms with van der Waals surface area (Å²) < 4.78 is 0.902. The molecule has 5 nitrogen and oxygen atoms in total. The Morgan fingerprint density at radius 2 is 2.09 bits per heavy atom. The number of nitrogens with two attached hydrogens (primary N) is 1. The number of hydrogen-bond acceptors (Lipinski definition) is 2. The Bertz CT molecular complexity index is 527. The van der Waals surface area contributed by atoms with Crippen molar-refractivity contribution < 1.29 is 4.79 Å². The molecule has 0 radical (unpaired) electrons. The number of hydrogen-bond donors (Lipinski definition) is 2. The Morgan fingerprint density at radius 3 is 2.82 bits per heavy atom. The summed E-state index contributed by atoms with van der Waals surface area (Å²) in [7, 11) is 0. The molecular weight excluding hydrogens is 344 g/mol. The number of amides is 1. The standard InChI is InChI=1S/C16H23BrN4O/c17-14-7-4-6-13(12-14)15(22)19-8-5-9-20-16(18)21-10-2-1-3-11-21/h4,6-7,12H,1-3,5,8-11H2,(H2,18,20)(H,19,22). The van der Waals surface area contributed by atoms with E-state index in [1.807, 2.05) is 18.2 Å². The summed E-state index contributed by atoms with van der Waals surface area (Å²) in [6.45, 7) is 3.26. The molecule has 22 heavy (non-hydrogen) atoms. The van der Waals surface area contributed by atoms with Crippen molar-refractivity contribution in [2.75, 3.05) is 26.2 Å². The number of carbonyl (C=O) groups excluding carboxylic acids is 1. The third-order valence-corrected chi connectivity index (χ3v) is 4.15. The van der Waals surface area contributed by atoms with Gasteiger partial charge in [0, 0.05) is 36.2 Å². The van der Waals surface area contributed by atoms with Gasteiger partial charge >= 0.3 is 0 Å². The molecule has 0 aromatic heterocycles. The van der Waals surface area contributed by atoms with Gasteiger partial charge in [-0.1, -0.05) is 22.0 Å². The Morgan fingerprint density at radius 1 is 1.32 bits per heavy atom. The van der Waals surface area contributed by atoms with Crippen LogP contribution in [0.1, 0.15) is 36.0 Å². The highest BCUT2D eigenvalue weighted by Gasteiger charge is 2.11. The molecular formula is C16H23BrN4O. The van der Waals surface area contributed by atoms with Crippen molar-refractivity contribution in [2.24, 2.45) is 10.7 Å². The van der Waals surface area contributed by atoms with Gasteiger partial charge in [-0.2, -0.15) is 0 Å². The fourth-order valence-electron chi connectivity index (χ4n) is 2.43. The third kappa shape index (κ3) is 5.33. The summed E-state index contributed by atoms with van der Waals surface area (Å²) in [5, 5.41) is 2.90. The van der Waals surface area contributed by atoms with E-state index >= 15 is 0 Å². The van der Waals surface area contributed by atoms with E-state index in [1.165, 1.54) is 19.3 Å². The highest BCUT2D eigenvalue weighted by Crippen LogP contribution is 2.11. The van der Waals surface area contributed by atoms with Crippen LogP contribution < -0.4 is 11.1 Å². The van der Waals surface area contributed by atoms with Crippen molar-refractivity contribution in [1.29, 1.82) is 0 Å². The first-order valence-electron chi connectivity index (χ1n) is 7.75. The molecule has 0 aliphatic carbocycles. The molecule has 0 bridgehead atoms. The zero-order chi connectivity index (χ0) is 15.8. The fourth-order valence-corrected chi connectivity index (χ4v) is 2.83. The first-order valence-corrected chi connectivity index (χ1v) is 8.55. The van der Waals surface area contributed by atoms with Gasteiger partial charge in [-0.15, -0.1) is 0 Å². The Labute approximate surface area is 140 Å². The van der Waals surface area contributed by atoms with E-state index in [-0.39, 0.29) is 5.91 Å². The molecule has 1 aromatic rings. The predicted octanol–water partition coefficient (Wildman–Crippen LogP) is 2.37. The molecule has 1 aromatic carbocycles. The molecule has 1 fully saturated rings. The van der Waals surface area contributed by atoms with Gasteiger partial charge in [-0.05, 0) is 43.9 Å². The fraction of sp³-hybridized carbons (Fsp3) is 0.500. The molecule has 0 unspecified atom stereocenters. The maximum Gasteiger partial charge on any atom is 0.251 e. The zero-order valence-corrected chi connectivity index (χ0v) is 14.3. The quantitative estimate of drug-likeness (QED) is 0.477. The lowest BCUT2D eigenvalue weighted by atomic mass is 10.1. The lowest BCUT2D eigenvalue weighted by Crippen LogP contribution is -2.41. The molecule has 0 saturated carbocycles. The van der Waals surface area contributed by atoms with E-state index < -0.39 is 0 Å². The predicted molar refractivity (Wildman–Crippen MR) is 93.0 cm³/mol. The Hall–Kier alpha value is -1.56. The number of rotatable bonds is 5. The smallest absolute Gasteiger partial charge is 0.251 e. The van der Waals surface area contributed by atoms with E-state index in [1.54, 1.807) is 6.07 Å². The minimum absolute atomic E-state index is 0.0608. The van der Waals surface area contributed by atoms with Crippen LogP contribution in [0.5, 0.6) is 0 Å². The van der Waals surface area contributed by atoms with Crippen LogP contribution >= 0.6 is 15.9 Å². The van der Waals surface area contributed by atoms with E-state index in [4.69, 9.17) is 5.73 Å². The lowest BCUT2D eigenvalue weighted by molar-refractivity contribution is 0.0953. The van der Waals surface area contributed by atoms with Crippen molar-refractivity contribution in [3.8, 4) is 0 Å². The summed E-state index contributed by atoms with van der Waals surface area (Å²) >= 11 is 3.36. The molecule has 6 heteroatoms. The number of nitrogens with zero attached hydrogens (tertiary/aromatic N) is 2. The summed E-state index contributed by atoms with van der Waals surface area (Å²) in [6, 6.07) is 7.35. The number of piperidine rings is 1. The highest BCUT2D eigenvalue weighted by atomic mass is 79.9. The largest absolute Gasteiger partial charge is 0.370 e. The molecule has 120 valence electrons. The van der Waals surface area contributed by atoms with E-state index in [2.05, 4.69) is 31.1 Å². The number of benzene rings is 1. The van der Waals surface area contributed by atoms with Crippen LogP contribution in [0.3, 0.4) is 0 Å². The monoisotopic (exact) mass is 366 g/mol. The van der Waals surface area contributed by atoms with Crippen molar-refractivity contribution in [3.63, 3.8) is 0 Å². The van der Waals surface area contributed by atoms with Crippen molar-refractivity contribution >= 4 is 27.8 Å². The van der Waals surface area contributed by atoms with E-state index in [0.29, 0.717) is 24.6 Å². The summed E-state index contributed by atoms with van der Waals surface area (Å²) in [5.41, 5.74) is 6.64. The maximum absolute atomic E-state index is 11.9. The number of aliphatic imine (C=N–C) groups is 1. The number of likely N-dealkylation sites (tertiary alicyclic amines) is 1. The molecule has 1 amide bonds. The lowest BCUT2D eigenvalue weighted by Gasteiger charge is -2.27. The van der Waals surface area contributed by atoms with E-state index in [9.17, 15) is 4.79 Å². The molecule has 3 N–H and O–H groups in total. The summed E-state index contributed by atoms with van der Waals surface area (Å²) in [6.07, 6.45) is 4.46. The second kappa shape index (κ2) is 8.78. The van der Waals surface area contributed by atoms with E-state index in [0.717, 1.165) is 24.0 Å². The van der Waals surface area contributed by atoms with Gasteiger partial charge in [0.2, 0.25) is 0 Å². The first kappa shape index (κ1) is 16.8. The van der Waals surface area contributed by atoms with Crippen LogP contribution in [0.2, 0.25) is 0 Å². The van der Waals surface area contributed by atoms with Crippen LogP contribution in [0.4, 0.5) is 0 Å². The van der Waals surface area contributed by atoms with Crippen LogP contribution in [0.25, 0.3) is 0 Å². The average molecular weight is 367 g/mol. The topological polar surface area (TPSA) is 70.7 Å². The Kier molecular flexibility index (Phi) is 6.71. The molecule has 0 spiro atoms. The maximum atomic E-state index is 11.9. The van der Waals surface area contributed by atoms with Crippen molar-refractivity contribution in [1.82, 2.24) is 10.2 Å². The Balaban J connectivity index is 1.67. The minimum atomic E-state index is -0.0608. The normalized spacial score (nSPS) is 15.7. The van der Waals surface area contributed by atoms with Gasteiger partial charge in [-0.3, -0.25) is 9.79 Å². The van der Waals surface area contributed by atoms with Gasteiger partial charge < -0.3 is 16.0 Å². The summed E-state index contributed by atoms with van der Waals surface area (Å²) in [5.74, 6) is 0.576. The van der Waals surface area contributed by atoms with Gasteiger partial charge in [0.15, 0.2) is 5.96 Å². The van der Waals surface area contributed by atoms with Crippen molar-refractivity contribution in [2.45, 2.75) is 25.7 Å². The number of guanidine groups is 1. The highest BCUT2D eigenvalue weighted by molar-refractivity contribution is 9.10. The molecule has 0 atom stereocenters. The number of halogens is 1. The molecule has 1 heterocycles. The molecule has 2 rings (SSSR count). The van der Waals surface area contributed by atoms with Crippen LogP contribution in [0, 0.1) is 0 Å². The third-order valence-electron chi connectivity index (χ3n) is 3.66. The SMILES string of the molecule is NC(=NCCCNC(=O)c1cccc(Br)c1)N1CCCCC1. The van der Waals surface area contributed by atoms with Gasteiger partial charge in [0.25, 0.3) is 5.91 Å². The minimum Gasteiger partial charge on any atom is -0.370 e. The van der Waals surface area contributed by atoms with Crippen LogP contribution in [0.15, 0.2) is 33.7 Å². The summed E-state index contributed by atoms with van der Waals surface area (Å²) in [4.78, 5) is 18.5. The number of nitrogens with one attached hydrogen (secondary N) is 1. The van der Waals surface area contributed by atoms with Crippen LogP contribution in [-0.4, -0.2) is 42.9 Å². The van der Waals surface area contributed by atoms with Crippen molar-refractivity contribution in [3.05, 3.63) is 34.3 Å². The van der Waals surface area contributed by atoms with Gasteiger partial charge in [-0.25, -0.2) is 0 Å². The second-order valence-electron chi connectivity index (χ2n) is 5.41. The molecule has 1 saturated heterocycles. The van der Waals surface area contributed by atoms with Gasteiger partial charge in [0.1, 0.15) is 0 Å². The molecule has 1 aliphatic rings. The van der Waals surface area contributed by atoms with Crippen LogP contribution in [-0.2, 0) is 0 Å². The average Bonchev–Trinajstić information content (AvgIpc) is 2.55. The second-order valence-corrected chi connectivity index (χ2v) is 6.32. The first-order chi connectivity index (χ1) is 10.7. The molecule has 1 aliphatic heterocycles. The van der Waals surface area contributed by atoms with Gasteiger partial charge in [0.05, 0.1) is 0 Å².